The van der Waals surface area contributed by atoms with Crippen molar-refractivity contribution in [1.82, 2.24) is 20.2 Å². The highest BCUT2D eigenvalue weighted by atomic mass is 32.1. The summed E-state index contributed by atoms with van der Waals surface area (Å²) in [5, 5.41) is 9.68. The second kappa shape index (κ2) is 6.61. The van der Waals surface area contributed by atoms with E-state index in [-0.39, 0.29) is 5.91 Å². The van der Waals surface area contributed by atoms with E-state index in [1.165, 1.54) is 29.3 Å². The third-order valence-electron chi connectivity index (χ3n) is 3.87. The highest BCUT2D eigenvalue weighted by Crippen LogP contribution is 2.37. The summed E-state index contributed by atoms with van der Waals surface area (Å²) in [6.07, 6.45) is 7.65. The van der Waals surface area contributed by atoms with Crippen LogP contribution in [0.15, 0.2) is 24.7 Å². The highest BCUT2D eigenvalue weighted by Gasteiger charge is 2.19. The van der Waals surface area contributed by atoms with Crippen LogP contribution in [0.3, 0.4) is 0 Å². The van der Waals surface area contributed by atoms with Crippen LogP contribution in [0.25, 0.3) is 15.8 Å². The predicted octanol–water partition coefficient (Wildman–Crippen LogP) is 2.48. The maximum Gasteiger partial charge on any atom is 0.260 e. The van der Waals surface area contributed by atoms with Crippen molar-refractivity contribution in [2.75, 3.05) is 25.6 Å². The van der Waals surface area contributed by atoms with Crippen molar-refractivity contribution in [2.24, 2.45) is 0 Å². The molecule has 0 saturated heterocycles. The van der Waals surface area contributed by atoms with E-state index in [1.807, 2.05) is 0 Å². The zero-order valence-electron chi connectivity index (χ0n) is 13.4. The van der Waals surface area contributed by atoms with Crippen molar-refractivity contribution in [3.05, 3.63) is 35.8 Å². The Bertz CT molecular complexity index is 948. The standard InChI is InChI=1S/C16H15N5O3S/c1-23-15-12-13(11(8-17-15)9-2-4-24-5-3-9)25-16(20-12)21-14(22)10-6-18-19-7-10/h2,6-8H,3-5H2,1H3,(H,18,19)(H,20,21,22). The number of thiazole rings is 1. The first-order valence-electron chi connectivity index (χ1n) is 7.67. The lowest BCUT2D eigenvalue weighted by Gasteiger charge is -2.14. The molecule has 128 valence electrons. The average Bonchev–Trinajstić information content (AvgIpc) is 3.31. The zero-order chi connectivity index (χ0) is 17.2. The van der Waals surface area contributed by atoms with Gasteiger partial charge in [-0.15, -0.1) is 0 Å². The molecule has 1 amide bonds. The van der Waals surface area contributed by atoms with Gasteiger partial charge in [0.05, 0.1) is 36.8 Å². The molecule has 25 heavy (non-hydrogen) atoms. The molecule has 3 aromatic heterocycles. The summed E-state index contributed by atoms with van der Waals surface area (Å²) in [6, 6.07) is 0. The molecule has 8 nitrogen and oxygen atoms in total. The Balaban J connectivity index is 1.75. The molecule has 0 fully saturated rings. The third kappa shape index (κ3) is 2.99. The number of carbonyl (C=O) groups is 1. The number of hydrogen-bond acceptors (Lipinski definition) is 7. The van der Waals surface area contributed by atoms with E-state index in [9.17, 15) is 4.79 Å². The van der Waals surface area contributed by atoms with E-state index in [4.69, 9.17) is 9.47 Å². The SMILES string of the molecule is COc1ncc(C2=CCOCC2)c2sc(NC(=O)c3cn[nH]c3)nc12. The minimum Gasteiger partial charge on any atom is -0.479 e. The number of methoxy groups -OCH3 is 1. The molecule has 1 aliphatic heterocycles. The van der Waals surface area contributed by atoms with E-state index in [0.29, 0.717) is 35.3 Å². The molecule has 0 unspecified atom stereocenters. The smallest absolute Gasteiger partial charge is 0.260 e. The Morgan fingerprint density at radius 2 is 2.36 bits per heavy atom. The number of ether oxygens (including phenoxy) is 2. The number of nitrogens with zero attached hydrogens (tertiary/aromatic N) is 3. The van der Waals surface area contributed by atoms with Gasteiger partial charge in [-0.3, -0.25) is 15.2 Å². The van der Waals surface area contributed by atoms with Gasteiger partial charge in [-0.2, -0.15) is 5.10 Å². The molecule has 1 aliphatic rings. The number of H-pyrrole nitrogens is 1. The second-order valence-corrected chi connectivity index (χ2v) is 6.37. The number of hydrogen-bond donors (Lipinski definition) is 2. The Labute approximate surface area is 146 Å². The van der Waals surface area contributed by atoms with Crippen LogP contribution in [0.1, 0.15) is 22.3 Å². The van der Waals surface area contributed by atoms with Crippen LogP contribution in [0.4, 0.5) is 5.13 Å². The van der Waals surface area contributed by atoms with Crippen molar-refractivity contribution in [3.63, 3.8) is 0 Å². The van der Waals surface area contributed by atoms with Gasteiger partial charge in [0.25, 0.3) is 5.91 Å². The van der Waals surface area contributed by atoms with Crippen LogP contribution in [-0.4, -0.2) is 46.4 Å². The van der Waals surface area contributed by atoms with E-state index in [1.54, 1.807) is 13.3 Å². The number of nitrogens with one attached hydrogen (secondary N) is 2. The molecule has 9 heteroatoms. The maximum atomic E-state index is 12.2. The fraction of sp³-hybridized carbons (Fsp3) is 0.250. The number of amides is 1. The zero-order valence-corrected chi connectivity index (χ0v) is 14.2. The molecular weight excluding hydrogens is 342 g/mol. The van der Waals surface area contributed by atoms with Gasteiger partial charge in [0, 0.05) is 18.0 Å². The van der Waals surface area contributed by atoms with Crippen molar-refractivity contribution in [3.8, 4) is 5.88 Å². The lowest BCUT2D eigenvalue weighted by molar-refractivity contribution is 0.102. The van der Waals surface area contributed by atoms with Gasteiger partial charge in [-0.1, -0.05) is 17.4 Å². The molecule has 0 spiro atoms. The lowest BCUT2D eigenvalue weighted by atomic mass is 10.0. The van der Waals surface area contributed by atoms with Crippen LogP contribution in [0, 0.1) is 0 Å². The number of fused-ring (bicyclic) bond motifs is 1. The van der Waals surface area contributed by atoms with Crippen molar-refractivity contribution in [2.45, 2.75) is 6.42 Å². The molecule has 2 N–H and O–H groups in total. The molecule has 0 aromatic carbocycles. The maximum absolute atomic E-state index is 12.2. The normalized spacial score (nSPS) is 14.4. The minimum absolute atomic E-state index is 0.272. The van der Waals surface area contributed by atoms with Gasteiger partial charge in [0.15, 0.2) is 5.13 Å². The van der Waals surface area contributed by atoms with Crippen LogP contribution in [0.5, 0.6) is 5.88 Å². The number of rotatable bonds is 4. The van der Waals surface area contributed by atoms with Gasteiger partial charge in [-0.25, -0.2) is 9.97 Å². The predicted molar refractivity (Wildman–Crippen MR) is 93.9 cm³/mol. The Morgan fingerprint density at radius 3 is 3.08 bits per heavy atom. The van der Waals surface area contributed by atoms with E-state index in [2.05, 4.69) is 31.6 Å². The highest BCUT2D eigenvalue weighted by molar-refractivity contribution is 7.22. The Kier molecular flexibility index (Phi) is 4.16. The third-order valence-corrected chi connectivity index (χ3v) is 4.87. The summed E-state index contributed by atoms with van der Waals surface area (Å²) in [6.45, 7) is 1.27. The number of pyridine rings is 1. The van der Waals surface area contributed by atoms with Crippen LogP contribution in [0.2, 0.25) is 0 Å². The Hall–Kier alpha value is -2.78. The monoisotopic (exact) mass is 357 g/mol. The van der Waals surface area contributed by atoms with Gasteiger partial charge < -0.3 is 9.47 Å². The van der Waals surface area contributed by atoms with Gasteiger partial charge in [0.1, 0.15) is 5.52 Å². The molecule has 0 bridgehead atoms. The van der Waals surface area contributed by atoms with Crippen LogP contribution >= 0.6 is 11.3 Å². The first kappa shape index (κ1) is 15.7. The molecule has 4 rings (SSSR count). The molecule has 3 aromatic rings. The molecule has 0 saturated carbocycles. The molecule has 0 radical (unpaired) electrons. The van der Waals surface area contributed by atoms with E-state index in [0.717, 1.165) is 16.7 Å². The summed E-state index contributed by atoms with van der Waals surface area (Å²) in [4.78, 5) is 21.1. The van der Waals surface area contributed by atoms with Gasteiger partial charge >= 0.3 is 0 Å². The lowest BCUT2D eigenvalue weighted by Crippen LogP contribution is -2.10. The van der Waals surface area contributed by atoms with Crippen molar-refractivity contribution >= 4 is 38.2 Å². The fourth-order valence-corrected chi connectivity index (χ4v) is 3.64. The van der Waals surface area contributed by atoms with Gasteiger partial charge in [-0.05, 0) is 12.0 Å². The number of anilines is 1. The average molecular weight is 357 g/mol. The number of aromatic nitrogens is 4. The summed E-state index contributed by atoms with van der Waals surface area (Å²) >= 11 is 1.40. The quantitative estimate of drug-likeness (QED) is 0.744. The summed E-state index contributed by atoms with van der Waals surface area (Å²) in [5.74, 6) is 0.165. The Morgan fingerprint density at radius 1 is 1.44 bits per heavy atom. The van der Waals surface area contributed by atoms with E-state index < -0.39 is 0 Å². The number of carbonyl (C=O) groups excluding carboxylic acids is 1. The first-order chi connectivity index (χ1) is 12.3. The largest absolute Gasteiger partial charge is 0.479 e. The molecular formula is C16H15N5O3S. The van der Waals surface area contributed by atoms with Crippen molar-refractivity contribution in [1.29, 1.82) is 0 Å². The summed E-state index contributed by atoms with van der Waals surface area (Å²) in [7, 11) is 1.55. The van der Waals surface area contributed by atoms with Gasteiger partial charge in [0.2, 0.25) is 5.88 Å². The molecule has 0 aliphatic carbocycles. The number of aromatic amines is 1. The fourth-order valence-electron chi connectivity index (χ4n) is 2.64. The van der Waals surface area contributed by atoms with Crippen LogP contribution < -0.4 is 10.1 Å². The van der Waals surface area contributed by atoms with Crippen LogP contribution in [-0.2, 0) is 4.74 Å². The van der Waals surface area contributed by atoms with E-state index >= 15 is 0 Å². The topological polar surface area (TPSA) is 102 Å². The summed E-state index contributed by atoms with van der Waals surface area (Å²) in [5.41, 5.74) is 3.25. The first-order valence-corrected chi connectivity index (χ1v) is 8.48. The molecule has 4 heterocycles. The minimum atomic E-state index is -0.272. The second-order valence-electron chi connectivity index (χ2n) is 5.37. The molecule has 0 atom stereocenters. The summed E-state index contributed by atoms with van der Waals surface area (Å²) < 4.78 is 11.6. The van der Waals surface area contributed by atoms with Crippen molar-refractivity contribution < 1.29 is 14.3 Å².